The standard InChI is InChI=1S/C14H26N2O/c1-13(2)8-9-16(11-13)12(17)14(10-15)6-4-3-5-7-14/h3-11,15H2,1-2H3. The van der Waals surface area contributed by atoms with E-state index in [9.17, 15) is 4.79 Å². The minimum absolute atomic E-state index is 0.224. The van der Waals surface area contributed by atoms with Gasteiger partial charge in [0.05, 0.1) is 5.41 Å². The predicted octanol–water partition coefficient (Wildman–Crippen LogP) is 2.15. The first-order valence-electron chi connectivity index (χ1n) is 6.99. The van der Waals surface area contributed by atoms with Crippen LogP contribution in [0.3, 0.4) is 0 Å². The SMILES string of the molecule is CC1(C)CCN(C(=O)C2(CN)CCCCC2)C1. The third-order valence-electron chi connectivity index (χ3n) is 4.62. The van der Waals surface area contributed by atoms with Crippen molar-refractivity contribution >= 4 is 5.91 Å². The molecular weight excluding hydrogens is 212 g/mol. The lowest BCUT2D eigenvalue weighted by atomic mass is 9.73. The van der Waals surface area contributed by atoms with Crippen LogP contribution in [0.2, 0.25) is 0 Å². The highest BCUT2D eigenvalue weighted by atomic mass is 16.2. The molecule has 1 aliphatic carbocycles. The van der Waals surface area contributed by atoms with Gasteiger partial charge < -0.3 is 10.6 Å². The maximum absolute atomic E-state index is 12.7. The molecule has 0 aromatic carbocycles. The van der Waals surface area contributed by atoms with Gasteiger partial charge in [0.15, 0.2) is 0 Å². The fraction of sp³-hybridized carbons (Fsp3) is 0.929. The van der Waals surface area contributed by atoms with Crippen LogP contribution in [-0.4, -0.2) is 30.4 Å². The van der Waals surface area contributed by atoms with E-state index in [0.717, 1.165) is 32.4 Å². The molecule has 0 unspecified atom stereocenters. The zero-order chi connectivity index (χ0) is 12.5. The second-order valence-electron chi connectivity index (χ2n) is 6.69. The van der Waals surface area contributed by atoms with E-state index in [-0.39, 0.29) is 5.41 Å². The number of likely N-dealkylation sites (tertiary alicyclic amines) is 1. The monoisotopic (exact) mass is 238 g/mol. The topological polar surface area (TPSA) is 46.3 Å². The molecule has 98 valence electrons. The molecule has 0 aromatic heterocycles. The lowest BCUT2D eigenvalue weighted by Crippen LogP contribution is -2.48. The molecular formula is C14H26N2O. The minimum Gasteiger partial charge on any atom is -0.342 e. The molecule has 1 aliphatic heterocycles. The van der Waals surface area contributed by atoms with Gasteiger partial charge in [0, 0.05) is 19.6 Å². The Morgan fingerprint density at radius 2 is 1.82 bits per heavy atom. The number of hydrogen-bond acceptors (Lipinski definition) is 2. The van der Waals surface area contributed by atoms with Crippen molar-refractivity contribution in [2.45, 2.75) is 52.4 Å². The van der Waals surface area contributed by atoms with Crippen molar-refractivity contribution < 1.29 is 4.79 Å². The lowest BCUT2D eigenvalue weighted by Gasteiger charge is -2.38. The Bertz CT molecular complexity index is 293. The molecule has 1 saturated carbocycles. The van der Waals surface area contributed by atoms with Gasteiger partial charge in [-0.25, -0.2) is 0 Å². The molecule has 2 N–H and O–H groups in total. The van der Waals surface area contributed by atoms with Crippen LogP contribution in [0.1, 0.15) is 52.4 Å². The Morgan fingerprint density at radius 1 is 1.18 bits per heavy atom. The van der Waals surface area contributed by atoms with Gasteiger partial charge in [-0.1, -0.05) is 33.1 Å². The second kappa shape index (κ2) is 4.60. The number of amides is 1. The van der Waals surface area contributed by atoms with Gasteiger partial charge in [0.2, 0.25) is 5.91 Å². The molecule has 17 heavy (non-hydrogen) atoms. The molecule has 1 saturated heterocycles. The highest BCUT2D eigenvalue weighted by Gasteiger charge is 2.43. The Balaban J connectivity index is 2.07. The van der Waals surface area contributed by atoms with Crippen molar-refractivity contribution in [3.05, 3.63) is 0 Å². The second-order valence-corrected chi connectivity index (χ2v) is 6.69. The van der Waals surface area contributed by atoms with Crippen molar-refractivity contribution in [2.75, 3.05) is 19.6 Å². The van der Waals surface area contributed by atoms with Crippen molar-refractivity contribution in [3.8, 4) is 0 Å². The summed E-state index contributed by atoms with van der Waals surface area (Å²) in [5, 5.41) is 0. The number of carbonyl (C=O) groups excluding carboxylic acids is 1. The van der Waals surface area contributed by atoms with Gasteiger partial charge in [-0.2, -0.15) is 0 Å². The normalized spacial score (nSPS) is 27.1. The summed E-state index contributed by atoms with van der Waals surface area (Å²) in [6, 6.07) is 0. The first-order chi connectivity index (χ1) is 7.99. The van der Waals surface area contributed by atoms with Gasteiger partial charge >= 0.3 is 0 Å². The Kier molecular flexibility index (Phi) is 3.48. The summed E-state index contributed by atoms with van der Waals surface area (Å²) in [6.07, 6.45) is 6.72. The first kappa shape index (κ1) is 12.9. The number of carbonyl (C=O) groups is 1. The average molecular weight is 238 g/mol. The molecule has 2 aliphatic rings. The van der Waals surface area contributed by atoms with Gasteiger partial charge in [-0.3, -0.25) is 4.79 Å². The van der Waals surface area contributed by atoms with Crippen LogP contribution in [0.4, 0.5) is 0 Å². The maximum Gasteiger partial charge on any atom is 0.230 e. The van der Waals surface area contributed by atoms with E-state index in [4.69, 9.17) is 5.73 Å². The molecule has 0 radical (unpaired) electrons. The Morgan fingerprint density at radius 3 is 2.29 bits per heavy atom. The smallest absolute Gasteiger partial charge is 0.230 e. The molecule has 0 aromatic rings. The zero-order valence-electron chi connectivity index (χ0n) is 11.3. The highest BCUT2D eigenvalue weighted by molar-refractivity contribution is 5.83. The molecule has 2 fully saturated rings. The van der Waals surface area contributed by atoms with Crippen LogP contribution in [0.15, 0.2) is 0 Å². The predicted molar refractivity (Wildman–Crippen MR) is 69.6 cm³/mol. The Labute approximate surface area is 105 Å². The summed E-state index contributed by atoms with van der Waals surface area (Å²) in [7, 11) is 0. The summed E-state index contributed by atoms with van der Waals surface area (Å²) in [6.45, 7) is 6.86. The van der Waals surface area contributed by atoms with Crippen molar-refractivity contribution in [1.82, 2.24) is 4.90 Å². The number of hydrogen-bond donors (Lipinski definition) is 1. The minimum atomic E-state index is -0.224. The fourth-order valence-electron chi connectivity index (χ4n) is 3.36. The molecule has 2 rings (SSSR count). The van der Waals surface area contributed by atoms with Gasteiger partial charge in [0.25, 0.3) is 0 Å². The van der Waals surface area contributed by atoms with E-state index in [0.29, 0.717) is 17.9 Å². The third kappa shape index (κ3) is 2.49. The molecule has 1 amide bonds. The van der Waals surface area contributed by atoms with Crippen LogP contribution in [0, 0.1) is 10.8 Å². The summed E-state index contributed by atoms with van der Waals surface area (Å²) in [5.41, 5.74) is 6.00. The van der Waals surface area contributed by atoms with E-state index < -0.39 is 0 Å². The lowest BCUT2D eigenvalue weighted by molar-refractivity contribution is -0.142. The Hall–Kier alpha value is -0.570. The van der Waals surface area contributed by atoms with E-state index in [1.807, 2.05) is 0 Å². The van der Waals surface area contributed by atoms with Crippen molar-refractivity contribution in [1.29, 1.82) is 0 Å². The van der Waals surface area contributed by atoms with Gasteiger partial charge in [-0.05, 0) is 24.7 Å². The van der Waals surface area contributed by atoms with Crippen LogP contribution >= 0.6 is 0 Å². The summed E-state index contributed by atoms with van der Waals surface area (Å²) < 4.78 is 0. The van der Waals surface area contributed by atoms with Crippen LogP contribution < -0.4 is 5.73 Å². The quantitative estimate of drug-likeness (QED) is 0.801. The summed E-state index contributed by atoms with van der Waals surface area (Å²) in [4.78, 5) is 14.8. The molecule has 3 nitrogen and oxygen atoms in total. The molecule has 0 atom stereocenters. The number of rotatable bonds is 2. The molecule has 0 bridgehead atoms. The largest absolute Gasteiger partial charge is 0.342 e. The highest BCUT2D eigenvalue weighted by Crippen LogP contribution is 2.39. The van der Waals surface area contributed by atoms with E-state index in [1.165, 1.54) is 19.3 Å². The third-order valence-corrected chi connectivity index (χ3v) is 4.62. The summed E-state index contributed by atoms with van der Waals surface area (Å²) in [5.74, 6) is 0.338. The van der Waals surface area contributed by atoms with Crippen LogP contribution in [-0.2, 0) is 4.79 Å². The van der Waals surface area contributed by atoms with Gasteiger partial charge in [0.1, 0.15) is 0 Å². The summed E-state index contributed by atoms with van der Waals surface area (Å²) >= 11 is 0. The van der Waals surface area contributed by atoms with Gasteiger partial charge in [-0.15, -0.1) is 0 Å². The van der Waals surface area contributed by atoms with E-state index in [2.05, 4.69) is 18.7 Å². The van der Waals surface area contributed by atoms with E-state index in [1.54, 1.807) is 0 Å². The zero-order valence-corrected chi connectivity index (χ0v) is 11.3. The van der Waals surface area contributed by atoms with Crippen LogP contribution in [0.25, 0.3) is 0 Å². The average Bonchev–Trinajstić information content (AvgIpc) is 2.69. The van der Waals surface area contributed by atoms with Crippen molar-refractivity contribution in [2.24, 2.45) is 16.6 Å². The number of nitrogens with zero attached hydrogens (tertiary/aromatic N) is 1. The number of nitrogens with two attached hydrogens (primary N) is 1. The van der Waals surface area contributed by atoms with E-state index >= 15 is 0 Å². The molecule has 3 heteroatoms. The first-order valence-corrected chi connectivity index (χ1v) is 6.99. The molecule has 1 heterocycles. The maximum atomic E-state index is 12.7. The molecule has 0 spiro atoms. The van der Waals surface area contributed by atoms with Crippen LogP contribution in [0.5, 0.6) is 0 Å². The van der Waals surface area contributed by atoms with Crippen molar-refractivity contribution in [3.63, 3.8) is 0 Å². The fourth-order valence-corrected chi connectivity index (χ4v) is 3.36.